The molecular weight excluding hydrogens is 412 g/mol. The van der Waals surface area contributed by atoms with Crippen LogP contribution >= 0.6 is 0 Å². The van der Waals surface area contributed by atoms with Crippen molar-refractivity contribution >= 4 is 34.1 Å². The smallest absolute Gasteiger partial charge is 0.248 e. The number of anilines is 2. The third-order valence-electron chi connectivity index (χ3n) is 6.81. The lowest BCUT2D eigenvalue weighted by atomic mass is 10.0. The lowest BCUT2D eigenvalue weighted by molar-refractivity contribution is -0.136. The first-order valence-electron chi connectivity index (χ1n) is 12.0. The maximum absolute atomic E-state index is 13.2. The molecule has 3 heterocycles. The number of nitrogens with one attached hydrogen (secondary N) is 1. The van der Waals surface area contributed by atoms with Gasteiger partial charge in [0.1, 0.15) is 11.9 Å². The van der Waals surface area contributed by atoms with Crippen LogP contribution in [0.25, 0.3) is 10.8 Å². The van der Waals surface area contributed by atoms with E-state index in [0.717, 1.165) is 41.5 Å². The first kappa shape index (κ1) is 21.4. The average molecular weight is 443 g/mol. The topological polar surface area (TPSA) is 65.5 Å². The number of fused-ring (bicyclic) bond motifs is 1. The van der Waals surface area contributed by atoms with E-state index in [1.54, 1.807) is 11.1 Å². The molecule has 6 heteroatoms. The zero-order valence-corrected chi connectivity index (χ0v) is 18.9. The SMILES string of the molecule is O=C(Nc1cc(N2CCCCC2)ccn1)[C@@H]1CCCN1C(=O)Cc1cccc2ccccc12. The highest BCUT2D eigenvalue weighted by atomic mass is 16.2. The third kappa shape index (κ3) is 4.70. The molecule has 2 saturated heterocycles. The summed E-state index contributed by atoms with van der Waals surface area (Å²) in [6.07, 6.45) is 7.22. The summed E-state index contributed by atoms with van der Waals surface area (Å²) in [6.45, 7) is 2.69. The Morgan fingerprint density at radius 2 is 1.76 bits per heavy atom. The summed E-state index contributed by atoms with van der Waals surface area (Å²) < 4.78 is 0. The van der Waals surface area contributed by atoms with Crippen LogP contribution in [0.15, 0.2) is 60.8 Å². The van der Waals surface area contributed by atoms with E-state index in [9.17, 15) is 9.59 Å². The molecule has 0 radical (unpaired) electrons. The minimum Gasteiger partial charge on any atom is -0.371 e. The van der Waals surface area contributed by atoms with Gasteiger partial charge in [-0.3, -0.25) is 9.59 Å². The van der Waals surface area contributed by atoms with Crippen molar-refractivity contribution in [2.24, 2.45) is 0 Å². The average Bonchev–Trinajstić information content (AvgIpc) is 3.36. The van der Waals surface area contributed by atoms with Crippen molar-refractivity contribution in [3.05, 3.63) is 66.4 Å². The van der Waals surface area contributed by atoms with Crippen molar-refractivity contribution in [1.82, 2.24) is 9.88 Å². The number of benzene rings is 2. The van der Waals surface area contributed by atoms with Gasteiger partial charge in [0, 0.05) is 37.6 Å². The van der Waals surface area contributed by atoms with Gasteiger partial charge in [0.2, 0.25) is 11.8 Å². The summed E-state index contributed by atoms with van der Waals surface area (Å²) in [5.41, 5.74) is 2.09. The fraction of sp³-hybridized carbons (Fsp3) is 0.370. The van der Waals surface area contributed by atoms with E-state index in [1.807, 2.05) is 42.5 Å². The van der Waals surface area contributed by atoms with E-state index in [4.69, 9.17) is 0 Å². The maximum Gasteiger partial charge on any atom is 0.248 e. The summed E-state index contributed by atoms with van der Waals surface area (Å²) in [5.74, 6) is 0.400. The molecule has 2 amide bonds. The second-order valence-electron chi connectivity index (χ2n) is 9.00. The van der Waals surface area contributed by atoms with Gasteiger partial charge in [-0.05, 0) is 54.5 Å². The van der Waals surface area contributed by atoms with Gasteiger partial charge in [-0.15, -0.1) is 0 Å². The molecule has 2 fully saturated rings. The van der Waals surface area contributed by atoms with E-state index >= 15 is 0 Å². The van der Waals surface area contributed by atoms with Crippen LogP contribution in [-0.4, -0.2) is 47.4 Å². The number of likely N-dealkylation sites (tertiary alicyclic amines) is 1. The second kappa shape index (κ2) is 9.61. The minimum absolute atomic E-state index is 0.000898. The molecule has 2 aliphatic heterocycles. The Morgan fingerprint density at radius 1 is 0.939 bits per heavy atom. The van der Waals surface area contributed by atoms with Gasteiger partial charge >= 0.3 is 0 Å². The molecule has 2 aliphatic rings. The first-order chi connectivity index (χ1) is 16.2. The predicted octanol–water partition coefficient (Wildman–Crippen LogP) is 4.40. The lowest BCUT2D eigenvalue weighted by Gasteiger charge is -2.29. The number of aromatic nitrogens is 1. The molecule has 33 heavy (non-hydrogen) atoms. The molecule has 0 aliphatic carbocycles. The fourth-order valence-corrected chi connectivity index (χ4v) is 5.09. The highest BCUT2D eigenvalue weighted by Gasteiger charge is 2.34. The molecule has 0 spiro atoms. The molecule has 170 valence electrons. The molecule has 2 aromatic carbocycles. The van der Waals surface area contributed by atoms with E-state index < -0.39 is 6.04 Å². The van der Waals surface area contributed by atoms with E-state index in [-0.39, 0.29) is 11.8 Å². The molecule has 1 atom stereocenters. The number of piperidine rings is 1. The lowest BCUT2D eigenvalue weighted by Crippen LogP contribution is -2.44. The normalized spacial score (nSPS) is 18.5. The second-order valence-corrected chi connectivity index (χ2v) is 9.00. The Balaban J connectivity index is 1.27. The van der Waals surface area contributed by atoms with Gasteiger partial charge in [-0.25, -0.2) is 4.98 Å². The number of carbonyl (C=O) groups is 2. The molecule has 6 nitrogen and oxygen atoms in total. The molecular formula is C27H30N4O2. The number of pyridine rings is 1. The molecule has 1 aromatic heterocycles. The summed E-state index contributed by atoms with van der Waals surface area (Å²) in [7, 11) is 0. The van der Waals surface area contributed by atoms with Gasteiger partial charge in [-0.1, -0.05) is 42.5 Å². The Hall–Kier alpha value is -3.41. The van der Waals surface area contributed by atoms with Crippen molar-refractivity contribution < 1.29 is 9.59 Å². The van der Waals surface area contributed by atoms with Gasteiger partial charge in [-0.2, -0.15) is 0 Å². The summed E-state index contributed by atoms with van der Waals surface area (Å²) >= 11 is 0. The van der Waals surface area contributed by atoms with Crippen LogP contribution in [0, 0.1) is 0 Å². The Bertz CT molecular complexity index is 1150. The first-order valence-corrected chi connectivity index (χ1v) is 12.0. The number of amides is 2. The minimum atomic E-state index is -0.451. The van der Waals surface area contributed by atoms with E-state index in [1.165, 1.54) is 19.3 Å². The molecule has 5 rings (SSSR count). The van der Waals surface area contributed by atoms with Crippen LogP contribution in [0.4, 0.5) is 11.5 Å². The van der Waals surface area contributed by atoms with Crippen molar-refractivity contribution in [3.8, 4) is 0 Å². The number of carbonyl (C=O) groups excluding carboxylic acids is 2. The van der Waals surface area contributed by atoms with Crippen LogP contribution < -0.4 is 10.2 Å². The van der Waals surface area contributed by atoms with Gasteiger partial charge in [0.05, 0.1) is 6.42 Å². The monoisotopic (exact) mass is 442 g/mol. The fourth-order valence-electron chi connectivity index (χ4n) is 5.09. The maximum atomic E-state index is 13.2. The predicted molar refractivity (Wildman–Crippen MR) is 131 cm³/mol. The van der Waals surface area contributed by atoms with Crippen LogP contribution in [0.1, 0.15) is 37.7 Å². The molecule has 0 unspecified atom stereocenters. The summed E-state index contributed by atoms with van der Waals surface area (Å²) in [6, 6.07) is 17.6. The van der Waals surface area contributed by atoms with Gasteiger partial charge in [0.25, 0.3) is 0 Å². The van der Waals surface area contributed by atoms with Crippen LogP contribution in [-0.2, 0) is 16.0 Å². The molecule has 1 N–H and O–H groups in total. The number of rotatable bonds is 5. The quantitative estimate of drug-likeness (QED) is 0.636. The summed E-state index contributed by atoms with van der Waals surface area (Å²) in [4.78, 5) is 34.8. The molecule has 3 aromatic rings. The van der Waals surface area contributed by atoms with Crippen LogP contribution in [0.5, 0.6) is 0 Å². The molecule has 0 saturated carbocycles. The number of hydrogen-bond acceptors (Lipinski definition) is 4. The third-order valence-corrected chi connectivity index (χ3v) is 6.81. The largest absolute Gasteiger partial charge is 0.371 e. The van der Waals surface area contributed by atoms with Crippen molar-refractivity contribution in [1.29, 1.82) is 0 Å². The number of hydrogen-bond donors (Lipinski definition) is 1. The highest BCUT2D eigenvalue weighted by Crippen LogP contribution is 2.25. The zero-order valence-electron chi connectivity index (χ0n) is 18.9. The van der Waals surface area contributed by atoms with Crippen molar-refractivity contribution in [2.75, 3.05) is 29.9 Å². The number of nitrogens with zero attached hydrogens (tertiary/aromatic N) is 3. The Kier molecular flexibility index (Phi) is 6.24. The van der Waals surface area contributed by atoms with Crippen LogP contribution in [0.3, 0.4) is 0 Å². The zero-order chi connectivity index (χ0) is 22.6. The standard InChI is InChI=1S/C27H30N4O2/c32-26(18-21-10-6-9-20-8-2-3-11-23(20)21)31-17-7-12-24(31)27(33)29-25-19-22(13-14-28-25)30-15-4-1-5-16-30/h2-3,6,8-11,13-14,19,24H,1,4-5,7,12,15-18H2,(H,28,29,33)/t24-/m0/s1. The Morgan fingerprint density at radius 3 is 2.64 bits per heavy atom. The highest BCUT2D eigenvalue weighted by molar-refractivity contribution is 5.98. The van der Waals surface area contributed by atoms with Crippen molar-refractivity contribution in [2.45, 2.75) is 44.6 Å². The van der Waals surface area contributed by atoms with E-state index in [0.29, 0.717) is 25.2 Å². The van der Waals surface area contributed by atoms with Gasteiger partial charge < -0.3 is 15.1 Å². The van der Waals surface area contributed by atoms with Gasteiger partial charge in [0.15, 0.2) is 0 Å². The van der Waals surface area contributed by atoms with E-state index in [2.05, 4.69) is 27.3 Å². The Labute approximate surface area is 194 Å². The molecule has 0 bridgehead atoms. The summed E-state index contributed by atoms with van der Waals surface area (Å²) in [5, 5.41) is 5.18. The van der Waals surface area contributed by atoms with Crippen LogP contribution in [0.2, 0.25) is 0 Å². The van der Waals surface area contributed by atoms with Crippen molar-refractivity contribution in [3.63, 3.8) is 0 Å².